The molecule has 0 amide bonds. The van der Waals surface area contributed by atoms with Crippen molar-refractivity contribution in [3.8, 4) is 0 Å². The van der Waals surface area contributed by atoms with Gasteiger partial charge in [0.05, 0.1) is 6.10 Å². The summed E-state index contributed by atoms with van der Waals surface area (Å²) in [7, 11) is 0. The molecule has 17 heavy (non-hydrogen) atoms. The van der Waals surface area contributed by atoms with E-state index >= 15 is 0 Å². The summed E-state index contributed by atoms with van der Waals surface area (Å²) in [6.07, 6.45) is -6.14. The molecule has 0 aliphatic carbocycles. The predicted octanol–water partition coefficient (Wildman–Crippen LogP) is -1.81. The Labute approximate surface area is 105 Å². The molecule has 0 aromatic heterocycles. The highest BCUT2D eigenvalue weighted by atomic mass is 35.5. The zero-order valence-electron chi connectivity index (χ0n) is 9.74. The average Bonchev–Trinajstić information content (AvgIpc) is 2.35. The van der Waals surface area contributed by atoms with Crippen LogP contribution in [-0.2, 0) is 4.79 Å². The summed E-state index contributed by atoms with van der Waals surface area (Å²) in [5.74, 6) is 0.385. The molecule has 0 aromatic carbocycles. The molecule has 0 fully saturated rings. The third-order valence-corrected chi connectivity index (χ3v) is 2.70. The molecular weight excluding hydrogens is 250 g/mol. The van der Waals surface area contributed by atoms with Gasteiger partial charge in [-0.15, -0.1) is 11.6 Å². The molecule has 0 aromatic rings. The number of carbonyl (C=O) groups is 1. The van der Waals surface area contributed by atoms with Crippen LogP contribution >= 0.6 is 11.6 Å². The maximum Gasteiger partial charge on any atom is 0.151 e. The topological polar surface area (TPSA) is 101 Å². The normalized spacial score (nSPS) is 18.8. The van der Waals surface area contributed by atoms with Crippen molar-refractivity contribution < 1.29 is 25.2 Å². The third kappa shape index (κ3) is 5.76. The Hall–Kier alpha value is -0.240. The number of carbonyl (C=O) groups excluding carboxylic acids is 1. The van der Waals surface area contributed by atoms with Gasteiger partial charge in [-0.3, -0.25) is 4.90 Å². The van der Waals surface area contributed by atoms with Crippen molar-refractivity contribution in [3.63, 3.8) is 0 Å². The quantitative estimate of drug-likeness (QED) is 0.291. The van der Waals surface area contributed by atoms with Crippen LogP contribution in [0.25, 0.3) is 0 Å². The fourth-order valence-corrected chi connectivity index (χ4v) is 1.62. The minimum Gasteiger partial charge on any atom is -0.389 e. The summed E-state index contributed by atoms with van der Waals surface area (Å²) in [6.45, 7) is 3.13. The minimum atomic E-state index is -1.71. The lowest BCUT2D eigenvalue weighted by Gasteiger charge is -2.28. The number of halogens is 1. The van der Waals surface area contributed by atoms with Gasteiger partial charge in [-0.25, -0.2) is 0 Å². The van der Waals surface area contributed by atoms with Crippen LogP contribution in [0, 0.1) is 0 Å². The van der Waals surface area contributed by atoms with E-state index in [-0.39, 0.29) is 12.8 Å². The molecule has 0 aliphatic heterocycles. The van der Waals surface area contributed by atoms with Crippen LogP contribution in [0.3, 0.4) is 0 Å². The summed E-state index contributed by atoms with van der Waals surface area (Å²) in [5.41, 5.74) is 0. The molecule has 0 saturated carbocycles. The lowest BCUT2D eigenvalue weighted by molar-refractivity contribution is -0.134. The second-order valence-corrected chi connectivity index (χ2v) is 4.14. The fraction of sp³-hybridized carbons (Fsp3) is 0.900. The third-order valence-electron chi connectivity index (χ3n) is 2.53. The van der Waals surface area contributed by atoms with Gasteiger partial charge in [0.15, 0.2) is 6.29 Å². The lowest BCUT2D eigenvalue weighted by atomic mass is 10.0. The van der Waals surface area contributed by atoms with Crippen molar-refractivity contribution in [2.24, 2.45) is 0 Å². The van der Waals surface area contributed by atoms with E-state index in [1.807, 2.05) is 6.92 Å². The number of aliphatic hydroxyl groups excluding tert-OH is 4. The molecule has 4 N–H and O–H groups in total. The van der Waals surface area contributed by atoms with Crippen molar-refractivity contribution in [2.45, 2.75) is 31.3 Å². The molecule has 7 heteroatoms. The molecular formula is C10H20ClNO5. The summed E-state index contributed by atoms with van der Waals surface area (Å²) in [5, 5.41) is 37.5. The Bertz CT molecular complexity index is 219. The average molecular weight is 270 g/mol. The van der Waals surface area contributed by atoms with Crippen molar-refractivity contribution in [1.82, 2.24) is 4.90 Å². The lowest BCUT2D eigenvalue weighted by Crippen LogP contribution is -2.49. The summed E-state index contributed by atoms with van der Waals surface area (Å²) in [4.78, 5) is 12.0. The second-order valence-electron chi connectivity index (χ2n) is 3.76. The van der Waals surface area contributed by atoms with Crippen LogP contribution in [-0.4, -0.2) is 81.5 Å². The second kappa shape index (κ2) is 8.79. The largest absolute Gasteiger partial charge is 0.389 e. The highest BCUT2D eigenvalue weighted by Crippen LogP contribution is 2.06. The monoisotopic (exact) mass is 269 g/mol. The number of aldehydes is 1. The Morgan fingerprint density at radius 3 is 2.24 bits per heavy atom. The van der Waals surface area contributed by atoms with E-state index in [0.717, 1.165) is 0 Å². The molecule has 0 heterocycles. The molecule has 4 unspecified atom stereocenters. The molecule has 4 atom stereocenters. The zero-order valence-corrected chi connectivity index (χ0v) is 10.5. The number of rotatable bonds is 9. The van der Waals surface area contributed by atoms with E-state index in [4.69, 9.17) is 16.7 Å². The van der Waals surface area contributed by atoms with Crippen molar-refractivity contribution in [3.05, 3.63) is 0 Å². The van der Waals surface area contributed by atoms with Gasteiger partial charge in [0, 0.05) is 19.0 Å². The molecule has 0 rings (SSSR count). The van der Waals surface area contributed by atoms with E-state index in [0.29, 0.717) is 19.0 Å². The molecule has 102 valence electrons. The van der Waals surface area contributed by atoms with Crippen LogP contribution < -0.4 is 0 Å². The van der Waals surface area contributed by atoms with E-state index in [1.54, 1.807) is 4.90 Å². The number of aliphatic hydroxyl groups is 4. The van der Waals surface area contributed by atoms with Gasteiger partial charge in [-0.2, -0.15) is 0 Å². The van der Waals surface area contributed by atoms with Crippen LogP contribution in [0.5, 0.6) is 0 Å². The molecule has 0 radical (unpaired) electrons. The summed E-state index contributed by atoms with van der Waals surface area (Å²) >= 11 is 5.55. The van der Waals surface area contributed by atoms with Gasteiger partial charge in [-0.05, 0) is 6.54 Å². The Kier molecular flexibility index (Phi) is 8.67. The Morgan fingerprint density at radius 1 is 1.24 bits per heavy atom. The zero-order chi connectivity index (χ0) is 13.4. The molecule has 0 bridgehead atoms. The van der Waals surface area contributed by atoms with E-state index in [2.05, 4.69) is 0 Å². The van der Waals surface area contributed by atoms with Crippen LogP contribution in [0.4, 0.5) is 0 Å². The van der Waals surface area contributed by atoms with Crippen LogP contribution in [0.2, 0.25) is 0 Å². The highest BCUT2D eigenvalue weighted by molar-refractivity contribution is 6.18. The standard InChI is InChI=1S/C10H20ClNO5/c1-2-12(4-3-11)5-7(14)9(16)10(17)8(15)6-13/h6-10,14-17H,2-5H2,1H3. The number of hydrogen-bond donors (Lipinski definition) is 4. The number of hydrogen-bond acceptors (Lipinski definition) is 6. The van der Waals surface area contributed by atoms with Crippen LogP contribution in [0.15, 0.2) is 0 Å². The van der Waals surface area contributed by atoms with E-state index in [1.165, 1.54) is 0 Å². The molecule has 0 spiro atoms. The first-order valence-corrected chi connectivity index (χ1v) is 5.97. The summed E-state index contributed by atoms with van der Waals surface area (Å²) in [6, 6.07) is 0. The fourth-order valence-electron chi connectivity index (χ4n) is 1.38. The SMILES string of the molecule is CCN(CCCl)CC(O)C(O)C(O)C(O)C=O. The van der Waals surface area contributed by atoms with Crippen LogP contribution in [0.1, 0.15) is 6.92 Å². The predicted molar refractivity (Wildman–Crippen MR) is 62.9 cm³/mol. The maximum absolute atomic E-state index is 10.2. The maximum atomic E-state index is 10.2. The van der Waals surface area contributed by atoms with Crippen molar-refractivity contribution in [2.75, 3.05) is 25.5 Å². The van der Waals surface area contributed by atoms with E-state index in [9.17, 15) is 20.1 Å². The van der Waals surface area contributed by atoms with Gasteiger partial charge in [0.25, 0.3) is 0 Å². The Morgan fingerprint density at radius 2 is 1.82 bits per heavy atom. The molecule has 0 aliphatic rings. The summed E-state index contributed by atoms with van der Waals surface area (Å²) < 4.78 is 0. The van der Waals surface area contributed by atoms with E-state index < -0.39 is 24.4 Å². The molecule has 0 saturated heterocycles. The van der Waals surface area contributed by atoms with Gasteiger partial charge in [0.1, 0.15) is 18.3 Å². The number of nitrogens with zero attached hydrogens (tertiary/aromatic N) is 1. The number of likely N-dealkylation sites (N-methyl/N-ethyl adjacent to an activating group) is 1. The van der Waals surface area contributed by atoms with Gasteiger partial charge < -0.3 is 25.2 Å². The molecule has 6 nitrogen and oxygen atoms in total. The first-order valence-electron chi connectivity index (χ1n) is 5.43. The smallest absolute Gasteiger partial charge is 0.151 e. The van der Waals surface area contributed by atoms with Gasteiger partial charge in [0.2, 0.25) is 0 Å². The minimum absolute atomic E-state index is 0.104. The van der Waals surface area contributed by atoms with Gasteiger partial charge in [-0.1, -0.05) is 6.92 Å². The van der Waals surface area contributed by atoms with Gasteiger partial charge >= 0.3 is 0 Å². The van der Waals surface area contributed by atoms with Crippen molar-refractivity contribution >= 4 is 17.9 Å². The highest BCUT2D eigenvalue weighted by Gasteiger charge is 2.30. The first-order chi connectivity index (χ1) is 7.97. The van der Waals surface area contributed by atoms with Crippen molar-refractivity contribution in [1.29, 1.82) is 0 Å². The first kappa shape index (κ1) is 16.8. The Balaban J connectivity index is 4.28. The number of alkyl halides is 1.